The zero-order valence-electron chi connectivity index (χ0n) is 20.2. The first-order valence-corrected chi connectivity index (χ1v) is 13.3. The van der Waals surface area contributed by atoms with E-state index in [4.69, 9.17) is 0 Å². The second-order valence-corrected chi connectivity index (χ2v) is 10.4. The highest BCUT2D eigenvalue weighted by molar-refractivity contribution is 8.03. The summed E-state index contributed by atoms with van der Waals surface area (Å²) in [6.45, 7) is 5.73. The molecule has 4 rings (SSSR count). The van der Waals surface area contributed by atoms with E-state index >= 15 is 0 Å². The van der Waals surface area contributed by atoms with Gasteiger partial charge in [0.05, 0.1) is 28.3 Å². The van der Waals surface area contributed by atoms with Crippen LogP contribution < -0.4 is 16.0 Å². The largest absolute Gasteiger partial charge is 0.353 e. The molecule has 1 aromatic heterocycles. The molecule has 0 aliphatic carbocycles. The molecule has 6 nitrogen and oxygen atoms in total. The average molecular weight is 515 g/mol. The molecular weight excluding hydrogens is 488 g/mol. The van der Waals surface area contributed by atoms with Crippen molar-refractivity contribution in [1.29, 1.82) is 5.26 Å². The Morgan fingerprint density at radius 2 is 1.86 bits per heavy atom. The van der Waals surface area contributed by atoms with Gasteiger partial charge in [0.25, 0.3) is 5.91 Å². The number of nitrogens with zero attached hydrogens (tertiary/aromatic N) is 1. The Labute approximate surface area is 219 Å². The Hall–Kier alpha value is -3.80. The molecule has 0 fully saturated rings. The van der Waals surface area contributed by atoms with Crippen LogP contribution in [-0.2, 0) is 9.59 Å². The van der Waals surface area contributed by atoms with Gasteiger partial charge in [0.2, 0.25) is 5.91 Å². The van der Waals surface area contributed by atoms with E-state index in [2.05, 4.69) is 22.0 Å². The predicted molar refractivity (Wildman–Crippen MR) is 148 cm³/mol. The third-order valence-electron chi connectivity index (χ3n) is 5.76. The number of allylic oxidation sites excluding steroid dienone is 2. The van der Waals surface area contributed by atoms with Crippen molar-refractivity contribution in [2.75, 3.05) is 16.4 Å². The number of thiophene rings is 1. The number of hydrogen-bond donors (Lipinski definition) is 3. The average Bonchev–Trinajstić information content (AvgIpc) is 3.38. The van der Waals surface area contributed by atoms with E-state index in [1.807, 2.05) is 86.8 Å². The number of anilines is 2. The minimum atomic E-state index is -0.525. The highest BCUT2D eigenvalue weighted by Crippen LogP contribution is 2.42. The van der Waals surface area contributed by atoms with Crippen LogP contribution in [0.1, 0.15) is 28.8 Å². The normalized spacial score (nSPS) is 15.2. The Morgan fingerprint density at radius 1 is 1.06 bits per heavy atom. The second-order valence-electron chi connectivity index (χ2n) is 8.44. The number of benzene rings is 2. The first-order chi connectivity index (χ1) is 17.4. The van der Waals surface area contributed by atoms with Crippen molar-refractivity contribution in [2.24, 2.45) is 0 Å². The quantitative estimate of drug-likeness (QED) is 0.356. The van der Waals surface area contributed by atoms with Gasteiger partial charge in [-0.2, -0.15) is 5.26 Å². The van der Waals surface area contributed by atoms with Crippen LogP contribution in [0.25, 0.3) is 0 Å². The van der Waals surface area contributed by atoms with Gasteiger partial charge < -0.3 is 16.0 Å². The minimum absolute atomic E-state index is 0.122. The van der Waals surface area contributed by atoms with Crippen LogP contribution in [0.3, 0.4) is 0 Å². The van der Waals surface area contributed by atoms with Crippen molar-refractivity contribution in [3.05, 3.63) is 104 Å². The Bertz CT molecular complexity index is 1400. The molecule has 2 heterocycles. The smallest absolute Gasteiger partial charge is 0.254 e. The lowest BCUT2D eigenvalue weighted by atomic mass is 9.86. The first-order valence-electron chi connectivity index (χ1n) is 11.4. The van der Waals surface area contributed by atoms with Crippen molar-refractivity contribution in [2.45, 2.75) is 26.7 Å². The molecule has 8 heteroatoms. The van der Waals surface area contributed by atoms with Gasteiger partial charge >= 0.3 is 0 Å². The van der Waals surface area contributed by atoms with Crippen LogP contribution in [0, 0.1) is 25.2 Å². The van der Waals surface area contributed by atoms with E-state index in [1.165, 1.54) is 23.1 Å². The van der Waals surface area contributed by atoms with Crippen LogP contribution >= 0.6 is 23.1 Å². The van der Waals surface area contributed by atoms with Crippen LogP contribution in [0.5, 0.6) is 0 Å². The molecule has 0 radical (unpaired) electrons. The highest BCUT2D eigenvalue weighted by atomic mass is 32.2. The molecular formula is C28H26N4O2S2. The van der Waals surface area contributed by atoms with Gasteiger partial charge in [-0.1, -0.05) is 48.2 Å². The molecule has 36 heavy (non-hydrogen) atoms. The molecule has 0 bridgehead atoms. The SMILES string of the molecule is CC1=C(C(=O)Nc2ccccc2C)[C@@H](c2cccs2)C(C#N)=C(SCC(=O)Nc2cccc(C)c2)N1. The van der Waals surface area contributed by atoms with Gasteiger partial charge in [-0.3, -0.25) is 9.59 Å². The zero-order chi connectivity index (χ0) is 25.7. The molecule has 182 valence electrons. The molecule has 0 saturated heterocycles. The monoisotopic (exact) mass is 514 g/mol. The number of para-hydroxylation sites is 1. The van der Waals surface area contributed by atoms with E-state index in [9.17, 15) is 14.9 Å². The Morgan fingerprint density at radius 3 is 2.56 bits per heavy atom. The maximum atomic E-state index is 13.5. The molecule has 1 atom stereocenters. The summed E-state index contributed by atoms with van der Waals surface area (Å²) in [4.78, 5) is 27.0. The minimum Gasteiger partial charge on any atom is -0.353 e. The van der Waals surface area contributed by atoms with Gasteiger partial charge in [0, 0.05) is 27.5 Å². The highest BCUT2D eigenvalue weighted by Gasteiger charge is 2.35. The van der Waals surface area contributed by atoms with Gasteiger partial charge in [-0.15, -0.1) is 11.3 Å². The topological polar surface area (TPSA) is 94.0 Å². The summed E-state index contributed by atoms with van der Waals surface area (Å²) in [5, 5.41) is 21.8. The van der Waals surface area contributed by atoms with E-state index < -0.39 is 5.92 Å². The van der Waals surface area contributed by atoms with Crippen molar-refractivity contribution in [1.82, 2.24) is 5.32 Å². The number of hydrogen-bond acceptors (Lipinski definition) is 6. The maximum Gasteiger partial charge on any atom is 0.254 e. The van der Waals surface area contributed by atoms with E-state index in [1.54, 1.807) is 0 Å². The molecule has 0 saturated carbocycles. The lowest BCUT2D eigenvalue weighted by Crippen LogP contribution is -2.31. The van der Waals surface area contributed by atoms with Crippen LogP contribution in [0.4, 0.5) is 11.4 Å². The molecule has 1 aliphatic rings. The number of dihydropyridines is 1. The third kappa shape index (κ3) is 5.70. The number of nitrogens with one attached hydrogen (secondary N) is 3. The number of amides is 2. The van der Waals surface area contributed by atoms with Crippen molar-refractivity contribution in [3.63, 3.8) is 0 Å². The van der Waals surface area contributed by atoms with Gasteiger partial charge in [0.15, 0.2) is 0 Å². The summed E-state index contributed by atoms with van der Waals surface area (Å²) in [5.41, 5.74) is 5.03. The first kappa shape index (κ1) is 25.3. The Kier molecular flexibility index (Phi) is 7.93. The zero-order valence-corrected chi connectivity index (χ0v) is 21.8. The molecule has 2 aromatic carbocycles. The van der Waals surface area contributed by atoms with E-state index in [0.29, 0.717) is 21.9 Å². The molecule has 0 unspecified atom stereocenters. The van der Waals surface area contributed by atoms with Crippen molar-refractivity contribution >= 4 is 46.3 Å². The predicted octanol–water partition coefficient (Wildman–Crippen LogP) is 6.07. The van der Waals surface area contributed by atoms with Crippen molar-refractivity contribution < 1.29 is 9.59 Å². The molecule has 2 amide bonds. The number of nitriles is 1. The number of aryl methyl sites for hydroxylation is 2. The van der Waals surface area contributed by atoms with Crippen LogP contribution in [0.15, 0.2) is 87.9 Å². The molecule has 3 aromatic rings. The fraction of sp³-hybridized carbons (Fsp3) is 0.179. The standard InChI is InChI=1S/C28H26N4O2S2/c1-17-8-6-10-20(14-17)31-24(33)16-36-28-21(15-29)26(23-12-7-13-35-23)25(19(3)30-28)27(34)32-22-11-5-4-9-18(22)2/h4-14,26,30H,16H2,1-3H3,(H,31,33)(H,32,34)/t26-/m1/s1. The molecule has 3 N–H and O–H groups in total. The second kappa shape index (κ2) is 11.3. The van der Waals surface area contributed by atoms with Gasteiger partial charge in [-0.25, -0.2) is 0 Å². The number of rotatable bonds is 7. The summed E-state index contributed by atoms with van der Waals surface area (Å²) in [6, 6.07) is 21.3. The summed E-state index contributed by atoms with van der Waals surface area (Å²) in [5.74, 6) is -0.838. The number of carbonyl (C=O) groups is 2. The summed E-state index contributed by atoms with van der Waals surface area (Å²) < 4.78 is 0. The number of carbonyl (C=O) groups excluding carboxylic acids is 2. The summed E-state index contributed by atoms with van der Waals surface area (Å²) >= 11 is 2.75. The molecule has 0 spiro atoms. The lowest BCUT2D eigenvalue weighted by Gasteiger charge is -2.29. The lowest BCUT2D eigenvalue weighted by molar-refractivity contribution is -0.114. The van der Waals surface area contributed by atoms with Crippen molar-refractivity contribution in [3.8, 4) is 6.07 Å². The van der Waals surface area contributed by atoms with E-state index in [-0.39, 0.29) is 17.6 Å². The fourth-order valence-electron chi connectivity index (χ4n) is 4.03. The van der Waals surface area contributed by atoms with Crippen LogP contribution in [0.2, 0.25) is 0 Å². The van der Waals surface area contributed by atoms with Gasteiger partial charge in [-0.05, 0) is 61.5 Å². The fourth-order valence-corrected chi connectivity index (χ4v) is 5.76. The van der Waals surface area contributed by atoms with Crippen LogP contribution in [-0.4, -0.2) is 17.6 Å². The number of thioether (sulfide) groups is 1. The summed E-state index contributed by atoms with van der Waals surface area (Å²) in [6.07, 6.45) is 0. The molecule has 1 aliphatic heterocycles. The third-order valence-corrected chi connectivity index (χ3v) is 7.72. The Balaban J connectivity index is 1.59. The van der Waals surface area contributed by atoms with E-state index in [0.717, 1.165) is 27.4 Å². The van der Waals surface area contributed by atoms with Gasteiger partial charge in [0.1, 0.15) is 0 Å². The maximum absolute atomic E-state index is 13.5. The summed E-state index contributed by atoms with van der Waals surface area (Å²) in [7, 11) is 0.